The van der Waals surface area contributed by atoms with Crippen molar-refractivity contribution in [3.8, 4) is 28.7 Å². The zero-order valence-electron chi connectivity index (χ0n) is 18.9. The van der Waals surface area contributed by atoms with E-state index in [1.807, 2.05) is 43.3 Å². The Morgan fingerprint density at radius 1 is 0.871 bits per heavy atom. The van der Waals surface area contributed by atoms with Gasteiger partial charge in [0.1, 0.15) is 23.4 Å². The Bertz CT molecular complexity index is 823. The summed E-state index contributed by atoms with van der Waals surface area (Å²) in [6, 6.07) is 11.2. The molecule has 1 atom stereocenters. The summed E-state index contributed by atoms with van der Waals surface area (Å²) in [5, 5.41) is 6.53. The van der Waals surface area contributed by atoms with Crippen molar-refractivity contribution >= 4 is 29.9 Å². The van der Waals surface area contributed by atoms with E-state index in [0.717, 1.165) is 5.56 Å². The highest BCUT2D eigenvalue weighted by Crippen LogP contribution is 2.33. The third kappa shape index (κ3) is 7.57. The molecule has 2 rings (SSSR count). The molecule has 172 valence electrons. The number of rotatable bonds is 10. The minimum Gasteiger partial charge on any atom is -0.496 e. The van der Waals surface area contributed by atoms with Crippen molar-refractivity contribution in [2.24, 2.45) is 4.99 Å². The van der Waals surface area contributed by atoms with Crippen molar-refractivity contribution in [1.29, 1.82) is 0 Å². The van der Waals surface area contributed by atoms with Crippen LogP contribution < -0.4 is 34.3 Å². The van der Waals surface area contributed by atoms with E-state index >= 15 is 0 Å². The number of aliphatic imine (C=N–C) groups is 1. The molecule has 2 aromatic rings. The fraction of sp³-hybridized carbons (Fsp3) is 0.409. The number of hydrogen-bond acceptors (Lipinski definition) is 6. The zero-order chi connectivity index (χ0) is 21.9. The van der Waals surface area contributed by atoms with Crippen molar-refractivity contribution in [2.45, 2.75) is 19.6 Å². The molecule has 2 aromatic carbocycles. The molecule has 0 spiro atoms. The number of benzene rings is 2. The van der Waals surface area contributed by atoms with Crippen LogP contribution >= 0.6 is 24.0 Å². The number of nitrogens with one attached hydrogen (secondary N) is 2. The smallest absolute Gasteiger partial charge is 0.191 e. The second kappa shape index (κ2) is 13.7. The van der Waals surface area contributed by atoms with Gasteiger partial charge in [-0.15, -0.1) is 24.0 Å². The molecule has 0 heterocycles. The molecule has 0 aliphatic rings. The summed E-state index contributed by atoms with van der Waals surface area (Å²) in [7, 11) is 8.16. The van der Waals surface area contributed by atoms with Crippen LogP contribution in [0.2, 0.25) is 0 Å². The molecule has 1 unspecified atom stereocenters. The summed E-state index contributed by atoms with van der Waals surface area (Å²) in [5.41, 5.74) is 0.863. The van der Waals surface area contributed by atoms with Crippen LogP contribution in [0.1, 0.15) is 12.5 Å². The number of guanidine groups is 1. The van der Waals surface area contributed by atoms with Gasteiger partial charge >= 0.3 is 0 Å². The highest BCUT2D eigenvalue weighted by atomic mass is 127. The quantitative estimate of drug-likeness (QED) is 0.269. The molecule has 0 aliphatic heterocycles. The number of para-hydroxylation sites is 2. The summed E-state index contributed by atoms with van der Waals surface area (Å²) in [4.78, 5) is 4.27. The van der Waals surface area contributed by atoms with E-state index in [1.54, 1.807) is 35.5 Å². The van der Waals surface area contributed by atoms with E-state index in [1.165, 1.54) is 0 Å². The van der Waals surface area contributed by atoms with E-state index < -0.39 is 0 Å². The predicted molar refractivity (Wildman–Crippen MR) is 133 cm³/mol. The predicted octanol–water partition coefficient (Wildman–Crippen LogP) is 3.47. The van der Waals surface area contributed by atoms with Crippen LogP contribution in [0, 0.1) is 0 Å². The van der Waals surface area contributed by atoms with Crippen LogP contribution in [0.3, 0.4) is 0 Å². The van der Waals surface area contributed by atoms with Gasteiger partial charge in [0.2, 0.25) is 0 Å². The monoisotopic (exact) mass is 545 g/mol. The Hall–Kier alpha value is -2.56. The molecule has 0 saturated carbocycles. The van der Waals surface area contributed by atoms with E-state index in [0.29, 0.717) is 47.8 Å². The van der Waals surface area contributed by atoms with Gasteiger partial charge in [0.05, 0.1) is 47.1 Å². The second-order valence-corrected chi connectivity index (χ2v) is 6.40. The maximum Gasteiger partial charge on any atom is 0.191 e. The molecule has 0 radical (unpaired) electrons. The lowest BCUT2D eigenvalue weighted by Crippen LogP contribution is -2.41. The first-order valence-corrected chi connectivity index (χ1v) is 9.59. The van der Waals surface area contributed by atoms with Crippen molar-refractivity contribution in [3.63, 3.8) is 0 Å². The molecule has 31 heavy (non-hydrogen) atoms. The third-order valence-corrected chi connectivity index (χ3v) is 4.43. The minimum absolute atomic E-state index is 0. The minimum atomic E-state index is -0.107. The fourth-order valence-corrected chi connectivity index (χ4v) is 2.86. The molecule has 0 saturated heterocycles. The normalized spacial score (nSPS) is 11.6. The van der Waals surface area contributed by atoms with Gasteiger partial charge < -0.3 is 34.3 Å². The Kier molecular flexibility index (Phi) is 11.7. The SMILES string of the molecule is CN=C(NCc1c(OC)cc(OC)cc1OC)NCC(C)Oc1ccccc1OC.I. The van der Waals surface area contributed by atoms with Gasteiger partial charge in [-0.1, -0.05) is 12.1 Å². The largest absolute Gasteiger partial charge is 0.496 e. The Morgan fingerprint density at radius 2 is 1.45 bits per heavy atom. The summed E-state index contributed by atoms with van der Waals surface area (Å²) < 4.78 is 27.6. The lowest BCUT2D eigenvalue weighted by molar-refractivity contribution is 0.213. The summed E-state index contributed by atoms with van der Waals surface area (Å²) in [5.74, 6) is 4.03. The number of ether oxygens (including phenoxy) is 5. The molecule has 0 bridgehead atoms. The first-order valence-electron chi connectivity index (χ1n) is 9.59. The fourth-order valence-electron chi connectivity index (χ4n) is 2.86. The maximum atomic E-state index is 5.97. The standard InChI is InChI=1S/C22H31N3O5.HI/c1-15(30-19-10-8-7-9-18(19)27-4)13-24-22(23-2)25-14-17-20(28-5)11-16(26-3)12-21(17)29-6;/h7-12,15H,13-14H2,1-6H3,(H2,23,24,25);1H. The maximum absolute atomic E-state index is 5.97. The number of hydrogen-bond donors (Lipinski definition) is 2. The lowest BCUT2D eigenvalue weighted by atomic mass is 10.1. The van der Waals surface area contributed by atoms with Crippen LogP contribution in [0.15, 0.2) is 41.4 Å². The Balaban J connectivity index is 0.00000480. The first-order chi connectivity index (χ1) is 14.6. The first kappa shape index (κ1) is 26.5. The summed E-state index contributed by atoms with van der Waals surface area (Å²) in [6.45, 7) is 2.98. The molecular weight excluding hydrogens is 513 g/mol. The molecule has 0 aliphatic carbocycles. The third-order valence-electron chi connectivity index (χ3n) is 4.43. The van der Waals surface area contributed by atoms with Gasteiger partial charge in [-0.25, -0.2) is 0 Å². The second-order valence-electron chi connectivity index (χ2n) is 6.40. The van der Waals surface area contributed by atoms with Crippen LogP contribution in [-0.4, -0.2) is 54.1 Å². The highest BCUT2D eigenvalue weighted by Gasteiger charge is 2.14. The molecule has 2 N–H and O–H groups in total. The average Bonchev–Trinajstić information content (AvgIpc) is 2.78. The van der Waals surface area contributed by atoms with Gasteiger partial charge in [0.25, 0.3) is 0 Å². The van der Waals surface area contributed by atoms with E-state index in [-0.39, 0.29) is 30.1 Å². The van der Waals surface area contributed by atoms with Crippen molar-refractivity contribution in [1.82, 2.24) is 10.6 Å². The summed E-state index contributed by atoms with van der Waals surface area (Å²) >= 11 is 0. The number of nitrogens with zero attached hydrogens (tertiary/aromatic N) is 1. The average molecular weight is 545 g/mol. The lowest BCUT2D eigenvalue weighted by Gasteiger charge is -2.20. The molecule has 9 heteroatoms. The van der Waals surface area contributed by atoms with Crippen LogP contribution in [0.5, 0.6) is 28.7 Å². The van der Waals surface area contributed by atoms with Crippen LogP contribution in [0.25, 0.3) is 0 Å². The number of methoxy groups -OCH3 is 4. The van der Waals surface area contributed by atoms with Crippen molar-refractivity contribution < 1.29 is 23.7 Å². The van der Waals surface area contributed by atoms with Gasteiger partial charge in [0, 0.05) is 19.2 Å². The molecule has 0 fully saturated rings. The summed E-state index contributed by atoms with van der Waals surface area (Å²) in [6.07, 6.45) is -0.107. The molecule has 0 aromatic heterocycles. The highest BCUT2D eigenvalue weighted by molar-refractivity contribution is 14.0. The van der Waals surface area contributed by atoms with Crippen molar-refractivity contribution in [2.75, 3.05) is 42.0 Å². The van der Waals surface area contributed by atoms with Crippen molar-refractivity contribution in [3.05, 3.63) is 42.0 Å². The van der Waals surface area contributed by atoms with Gasteiger partial charge in [0.15, 0.2) is 17.5 Å². The Morgan fingerprint density at radius 3 is 1.97 bits per heavy atom. The van der Waals surface area contributed by atoms with Gasteiger partial charge in [-0.3, -0.25) is 4.99 Å². The van der Waals surface area contributed by atoms with E-state index in [4.69, 9.17) is 23.7 Å². The van der Waals surface area contributed by atoms with Crippen LogP contribution in [-0.2, 0) is 6.54 Å². The van der Waals surface area contributed by atoms with Gasteiger partial charge in [-0.2, -0.15) is 0 Å². The molecule has 0 amide bonds. The molecule has 8 nitrogen and oxygen atoms in total. The van der Waals surface area contributed by atoms with Crippen LogP contribution in [0.4, 0.5) is 0 Å². The van der Waals surface area contributed by atoms with E-state index in [9.17, 15) is 0 Å². The topological polar surface area (TPSA) is 82.6 Å². The molecular formula is C22H32IN3O5. The van der Waals surface area contributed by atoms with Gasteiger partial charge in [-0.05, 0) is 19.1 Å². The zero-order valence-corrected chi connectivity index (χ0v) is 21.2. The van der Waals surface area contributed by atoms with E-state index in [2.05, 4.69) is 15.6 Å². The number of halogens is 1. The Labute approximate surface area is 201 Å².